The Bertz CT molecular complexity index is 193. The molecular weight excluding hydrogens is 264 g/mol. The molecule has 0 spiro atoms. The first-order valence-corrected chi connectivity index (χ1v) is 8.93. The van der Waals surface area contributed by atoms with Crippen molar-refractivity contribution < 1.29 is 15.6 Å². The molecule has 0 radical (unpaired) electrons. The molecule has 0 unspecified atom stereocenters. The Morgan fingerprint density at radius 2 is 1.24 bits per heavy atom. The first-order chi connectivity index (χ1) is 10.2. The van der Waals surface area contributed by atoms with E-state index in [1.165, 1.54) is 64.2 Å². The van der Waals surface area contributed by atoms with Crippen LogP contribution in [-0.4, -0.2) is 19.2 Å². The average Bonchev–Trinajstić information content (AvgIpc) is 2.47. The highest BCUT2D eigenvalue weighted by molar-refractivity contribution is 5.61. The summed E-state index contributed by atoms with van der Waals surface area (Å²) in [6.07, 6.45) is 14.2. The van der Waals surface area contributed by atoms with E-state index in [1.54, 1.807) is 0 Å². The largest absolute Gasteiger partial charge is 0.530 e. The van der Waals surface area contributed by atoms with Crippen molar-refractivity contribution in [3.63, 3.8) is 0 Å². The number of quaternary nitrogens is 1. The van der Waals surface area contributed by atoms with Gasteiger partial charge in [0.1, 0.15) is 6.09 Å². The topological polar surface area (TPSA) is 79.8 Å². The van der Waals surface area contributed by atoms with Crippen LogP contribution < -0.4 is 16.2 Å². The van der Waals surface area contributed by atoms with Gasteiger partial charge in [0.05, 0.1) is 6.54 Å². The van der Waals surface area contributed by atoms with Crippen LogP contribution in [0.3, 0.4) is 0 Å². The summed E-state index contributed by atoms with van der Waals surface area (Å²) in [5, 5.41) is 12.2. The summed E-state index contributed by atoms with van der Waals surface area (Å²) in [4.78, 5) is 9.91. The van der Waals surface area contributed by atoms with Crippen molar-refractivity contribution in [3.05, 3.63) is 0 Å². The highest BCUT2D eigenvalue weighted by atomic mass is 16.4. The van der Waals surface area contributed by atoms with Crippen molar-refractivity contribution >= 4 is 6.09 Å². The second-order valence-corrected chi connectivity index (χ2v) is 5.60. The fourth-order valence-electron chi connectivity index (χ4n) is 2.05. The summed E-state index contributed by atoms with van der Waals surface area (Å²) in [6, 6.07) is 0. The lowest BCUT2D eigenvalue weighted by Crippen LogP contribution is -2.50. The van der Waals surface area contributed by atoms with Gasteiger partial charge in [-0.05, 0) is 19.3 Å². The predicted octanol–water partition coefficient (Wildman–Crippen LogP) is 2.87. The minimum absolute atomic E-state index is 0.536. The zero-order chi connectivity index (χ0) is 16.2. The molecule has 1 amide bonds. The number of carboxylic acid groups (broad SMARTS) is 1. The van der Waals surface area contributed by atoms with Crippen LogP contribution in [0.5, 0.6) is 0 Å². The van der Waals surface area contributed by atoms with Gasteiger partial charge < -0.3 is 21.0 Å². The molecule has 0 aliphatic rings. The molecule has 0 aliphatic carbocycles. The third kappa shape index (κ3) is 28.2. The monoisotopic (exact) mass is 302 g/mol. The van der Waals surface area contributed by atoms with Crippen LogP contribution in [0, 0.1) is 0 Å². The molecule has 128 valence electrons. The normalized spacial score (nSPS) is 9.86. The molecule has 0 aromatic heterocycles. The number of amides is 1. The number of unbranched alkanes of at least 4 members (excludes halogenated alkanes) is 10. The molecule has 0 fully saturated rings. The average molecular weight is 303 g/mol. The second kappa shape index (κ2) is 21.5. The molecule has 0 heterocycles. The van der Waals surface area contributed by atoms with Crippen molar-refractivity contribution in [1.82, 2.24) is 5.32 Å². The number of carbonyl (C=O) groups is 1. The van der Waals surface area contributed by atoms with Crippen LogP contribution in [-0.2, 0) is 0 Å². The Balaban J connectivity index is 0. The van der Waals surface area contributed by atoms with E-state index in [0.717, 1.165) is 19.4 Å². The molecule has 4 nitrogen and oxygen atoms in total. The molecule has 0 aliphatic heterocycles. The third-order valence-corrected chi connectivity index (χ3v) is 3.40. The van der Waals surface area contributed by atoms with Crippen molar-refractivity contribution in [2.24, 2.45) is 0 Å². The molecule has 0 saturated carbocycles. The summed E-state index contributed by atoms with van der Waals surface area (Å²) in [5.41, 5.74) is 3.80. The molecule has 4 N–H and O–H groups in total. The van der Waals surface area contributed by atoms with Gasteiger partial charge in [0.25, 0.3) is 0 Å². The standard InChI is InChI=1S/C9H19NO2.C8H19N/c1-2-3-4-5-6-7-8-10-9(11)12;1-2-3-4-5-6-7-8-9/h10H,2-8H2,1H3,(H,11,12);2-9H2,1H3. The van der Waals surface area contributed by atoms with E-state index in [4.69, 9.17) is 0 Å². The zero-order valence-corrected chi connectivity index (χ0v) is 14.4. The summed E-state index contributed by atoms with van der Waals surface area (Å²) in [6.45, 7) is 6.08. The molecule has 0 bridgehead atoms. The Hall–Kier alpha value is -0.770. The Morgan fingerprint density at radius 3 is 1.67 bits per heavy atom. The van der Waals surface area contributed by atoms with E-state index in [2.05, 4.69) is 24.9 Å². The van der Waals surface area contributed by atoms with Crippen LogP contribution in [0.15, 0.2) is 0 Å². The maximum absolute atomic E-state index is 9.91. The summed E-state index contributed by atoms with van der Waals surface area (Å²) >= 11 is 0. The van der Waals surface area contributed by atoms with Crippen molar-refractivity contribution in [2.45, 2.75) is 90.9 Å². The number of hydrogen-bond donors (Lipinski definition) is 2. The van der Waals surface area contributed by atoms with Crippen LogP contribution in [0.25, 0.3) is 0 Å². The molecule has 0 atom stereocenters. The first kappa shape index (κ1) is 22.5. The lowest BCUT2D eigenvalue weighted by atomic mass is 10.1. The minimum Gasteiger partial charge on any atom is -0.530 e. The van der Waals surface area contributed by atoms with E-state index in [0.29, 0.717) is 6.54 Å². The highest BCUT2D eigenvalue weighted by Gasteiger charge is 1.89. The molecule has 0 rings (SSSR count). The fraction of sp³-hybridized carbons (Fsp3) is 0.941. The van der Waals surface area contributed by atoms with Gasteiger partial charge in [0.15, 0.2) is 0 Å². The van der Waals surface area contributed by atoms with E-state index in [1.807, 2.05) is 0 Å². The minimum atomic E-state index is -1.16. The van der Waals surface area contributed by atoms with Crippen LogP contribution in [0.1, 0.15) is 90.9 Å². The maximum atomic E-state index is 9.91. The van der Waals surface area contributed by atoms with E-state index in [-0.39, 0.29) is 0 Å². The van der Waals surface area contributed by atoms with E-state index < -0.39 is 6.09 Å². The summed E-state index contributed by atoms with van der Waals surface area (Å²) < 4.78 is 0. The van der Waals surface area contributed by atoms with E-state index >= 15 is 0 Å². The summed E-state index contributed by atoms with van der Waals surface area (Å²) in [7, 11) is 0. The van der Waals surface area contributed by atoms with Crippen LogP contribution in [0.2, 0.25) is 0 Å². The van der Waals surface area contributed by atoms with Gasteiger partial charge in [-0.25, -0.2) is 0 Å². The van der Waals surface area contributed by atoms with Crippen molar-refractivity contribution in [3.8, 4) is 0 Å². The second-order valence-electron chi connectivity index (χ2n) is 5.60. The molecule has 21 heavy (non-hydrogen) atoms. The van der Waals surface area contributed by atoms with Crippen LogP contribution in [0.4, 0.5) is 4.79 Å². The Labute approximate surface area is 131 Å². The molecule has 4 heteroatoms. The molecule has 0 aromatic rings. The zero-order valence-electron chi connectivity index (χ0n) is 14.4. The van der Waals surface area contributed by atoms with Crippen molar-refractivity contribution in [2.75, 3.05) is 13.1 Å². The summed E-state index contributed by atoms with van der Waals surface area (Å²) in [5.74, 6) is 0. The van der Waals surface area contributed by atoms with E-state index in [9.17, 15) is 9.90 Å². The maximum Gasteiger partial charge on any atom is 0.134 e. The Morgan fingerprint density at radius 1 is 0.810 bits per heavy atom. The number of rotatable bonds is 13. The first-order valence-electron chi connectivity index (χ1n) is 8.93. The molecular formula is C17H38N2O2. The van der Waals surface area contributed by atoms with Crippen LogP contribution >= 0.6 is 0 Å². The number of nitrogens with one attached hydrogen (secondary N) is 1. The highest BCUT2D eigenvalue weighted by Crippen LogP contribution is 2.04. The van der Waals surface area contributed by atoms with Gasteiger partial charge in [0.2, 0.25) is 0 Å². The smallest absolute Gasteiger partial charge is 0.134 e. The number of carbonyl (C=O) groups excluding carboxylic acids is 1. The number of hydrogen-bond acceptors (Lipinski definition) is 2. The Kier molecular flexibility index (Phi) is 23.1. The van der Waals surface area contributed by atoms with Gasteiger partial charge in [-0.1, -0.05) is 71.6 Å². The third-order valence-electron chi connectivity index (χ3n) is 3.40. The quantitative estimate of drug-likeness (QED) is 0.513. The molecule has 0 saturated heterocycles. The van der Waals surface area contributed by atoms with Gasteiger partial charge in [-0.2, -0.15) is 0 Å². The van der Waals surface area contributed by atoms with Crippen molar-refractivity contribution in [1.29, 1.82) is 0 Å². The molecule has 0 aromatic carbocycles. The van der Waals surface area contributed by atoms with Gasteiger partial charge >= 0.3 is 0 Å². The fourth-order valence-corrected chi connectivity index (χ4v) is 2.05. The SMILES string of the molecule is CCCCCCCCNC(=O)[O-].CCCCCCCC[NH3+]. The van der Waals surface area contributed by atoms with Gasteiger partial charge in [0, 0.05) is 6.54 Å². The lowest BCUT2D eigenvalue weighted by molar-refractivity contribution is -0.368. The lowest BCUT2D eigenvalue weighted by Gasteiger charge is -2.05. The van der Waals surface area contributed by atoms with Gasteiger partial charge in [-0.15, -0.1) is 0 Å². The van der Waals surface area contributed by atoms with Gasteiger partial charge in [-0.3, -0.25) is 0 Å². The predicted molar refractivity (Wildman–Crippen MR) is 87.9 cm³/mol.